The first-order valence-electron chi connectivity index (χ1n) is 8.89. The topological polar surface area (TPSA) is 15.3 Å². The monoisotopic (exact) mass is 286 g/mol. The van der Waals surface area contributed by atoms with Crippen LogP contribution in [0.2, 0.25) is 0 Å². The summed E-state index contributed by atoms with van der Waals surface area (Å²) in [4.78, 5) is 2.65. The van der Waals surface area contributed by atoms with Crippen LogP contribution in [0, 0.1) is 0 Å². The van der Waals surface area contributed by atoms with E-state index in [2.05, 4.69) is 41.4 Å². The molecule has 1 saturated carbocycles. The minimum Gasteiger partial charge on any atom is -0.313 e. The quantitative estimate of drug-likeness (QED) is 0.779. The normalized spacial score (nSPS) is 22.1. The molecule has 2 fully saturated rings. The van der Waals surface area contributed by atoms with Gasteiger partial charge in [-0.05, 0) is 62.2 Å². The van der Waals surface area contributed by atoms with E-state index in [1.807, 2.05) is 0 Å². The van der Waals surface area contributed by atoms with Crippen molar-refractivity contribution in [2.45, 2.75) is 64.0 Å². The van der Waals surface area contributed by atoms with Gasteiger partial charge in [0.05, 0.1) is 0 Å². The van der Waals surface area contributed by atoms with Crippen LogP contribution >= 0.6 is 0 Å². The summed E-state index contributed by atoms with van der Waals surface area (Å²) in [6, 6.07) is 10.1. The Bertz CT molecular complexity index is 416. The SMILES string of the molecule is CCCCN(Cc1ccc(C2CC2)cc1)CC1CCCN1. The van der Waals surface area contributed by atoms with Crippen molar-refractivity contribution in [1.29, 1.82) is 0 Å². The number of nitrogens with one attached hydrogen (secondary N) is 1. The molecule has 0 aromatic heterocycles. The molecule has 2 nitrogen and oxygen atoms in total. The van der Waals surface area contributed by atoms with Crippen LogP contribution in [0.3, 0.4) is 0 Å². The van der Waals surface area contributed by atoms with E-state index in [0.29, 0.717) is 6.04 Å². The average molecular weight is 286 g/mol. The zero-order valence-corrected chi connectivity index (χ0v) is 13.5. The number of rotatable bonds is 8. The highest BCUT2D eigenvalue weighted by Crippen LogP contribution is 2.39. The maximum absolute atomic E-state index is 3.64. The zero-order chi connectivity index (χ0) is 14.5. The summed E-state index contributed by atoms with van der Waals surface area (Å²) in [6.07, 6.45) is 8.10. The smallest absolute Gasteiger partial charge is 0.0234 e. The van der Waals surface area contributed by atoms with E-state index in [9.17, 15) is 0 Å². The first-order valence-corrected chi connectivity index (χ1v) is 8.89. The van der Waals surface area contributed by atoms with Crippen molar-refractivity contribution < 1.29 is 0 Å². The summed E-state index contributed by atoms with van der Waals surface area (Å²) >= 11 is 0. The molecule has 0 radical (unpaired) electrons. The van der Waals surface area contributed by atoms with E-state index < -0.39 is 0 Å². The Hall–Kier alpha value is -0.860. The van der Waals surface area contributed by atoms with E-state index in [1.165, 1.54) is 63.7 Å². The maximum atomic E-state index is 3.64. The van der Waals surface area contributed by atoms with Crippen molar-refractivity contribution in [1.82, 2.24) is 10.2 Å². The van der Waals surface area contributed by atoms with Crippen molar-refractivity contribution in [3.05, 3.63) is 35.4 Å². The molecule has 3 rings (SSSR count). The van der Waals surface area contributed by atoms with Gasteiger partial charge in [-0.25, -0.2) is 0 Å². The first-order chi connectivity index (χ1) is 10.3. The Balaban J connectivity index is 1.56. The van der Waals surface area contributed by atoms with Gasteiger partial charge < -0.3 is 5.32 Å². The minimum atomic E-state index is 0.715. The Morgan fingerprint density at radius 3 is 2.57 bits per heavy atom. The molecule has 1 saturated heterocycles. The van der Waals surface area contributed by atoms with Gasteiger partial charge in [-0.2, -0.15) is 0 Å². The van der Waals surface area contributed by atoms with Gasteiger partial charge in [-0.15, -0.1) is 0 Å². The predicted molar refractivity (Wildman–Crippen MR) is 89.6 cm³/mol. The first kappa shape index (κ1) is 15.1. The molecule has 0 amide bonds. The lowest BCUT2D eigenvalue weighted by Crippen LogP contribution is -2.37. The molecule has 116 valence electrons. The zero-order valence-electron chi connectivity index (χ0n) is 13.5. The highest BCUT2D eigenvalue weighted by Gasteiger charge is 2.23. The van der Waals surface area contributed by atoms with E-state index >= 15 is 0 Å². The largest absolute Gasteiger partial charge is 0.313 e. The third kappa shape index (κ3) is 4.55. The standard InChI is InChI=1S/C19H30N2/c1-2-3-13-21(15-19-5-4-12-20-19)14-16-6-8-17(9-7-16)18-10-11-18/h6-9,18-20H,2-5,10-15H2,1H3. The Morgan fingerprint density at radius 1 is 1.14 bits per heavy atom. The highest BCUT2D eigenvalue weighted by atomic mass is 15.1. The van der Waals surface area contributed by atoms with Crippen LogP contribution in [0.1, 0.15) is 62.5 Å². The molecule has 0 bridgehead atoms. The Kier molecular flexibility index (Phi) is 5.32. The van der Waals surface area contributed by atoms with E-state index in [-0.39, 0.29) is 0 Å². The minimum absolute atomic E-state index is 0.715. The Labute approximate surface area is 129 Å². The molecule has 1 N–H and O–H groups in total. The molecule has 2 heteroatoms. The summed E-state index contributed by atoms with van der Waals surface area (Å²) in [7, 11) is 0. The lowest BCUT2D eigenvalue weighted by Gasteiger charge is -2.25. The van der Waals surface area contributed by atoms with Crippen LogP contribution in [0.25, 0.3) is 0 Å². The Morgan fingerprint density at radius 2 is 1.95 bits per heavy atom. The van der Waals surface area contributed by atoms with Gasteiger partial charge in [0.1, 0.15) is 0 Å². The summed E-state index contributed by atoms with van der Waals surface area (Å²) < 4.78 is 0. The van der Waals surface area contributed by atoms with Gasteiger partial charge in [-0.1, -0.05) is 37.6 Å². The van der Waals surface area contributed by atoms with Crippen LogP contribution in [0.4, 0.5) is 0 Å². The van der Waals surface area contributed by atoms with Crippen LogP contribution < -0.4 is 5.32 Å². The van der Waals surface area contributed by atoms with Crippen molar-refractivity contribution in [3.63, 3.8) is 0 Å². The number of nitrogens with zero attached hydrogens (tertiary/aromatic N) is 1. The maximum Gasteiger partial charge on any atom is 0.0234 e. The fourth-order valence-corrected chi connectivity index (χ4v) is 3.41. The molecule has 1 heterocycles. The van der Waals surface area contributed by atoms with Crippen LogP contribution in [-0.2, 0) is 6.54 Å². The van der Waals surface area contributed by atoms with Crippen molar-refractivity contribution in [2.75, 3.05) is 19.6 Å². The summed E-state index contributed by atoms with van der Waals surface area (Å²) in [5.41, 5.74) is 3.03. The molecule has 21 heavy (non-hydrogen) atoms. The van der Waals surface area contributed by atoms with Crippen molar-refractivity contribution in [3.8, 4) is 0 Å². The number of hydrogen-bond donors (Lipinski definition) is 1. The molecule has 1 atom stereocenters. The molecule has 2 aliphatic rings. The van der Waals surface area contributed by atoms with Crippen LogP contribution in [0.5, 0.6) is 0 Å². The number of hydrogen-bond acceptors (Lipinski definition) is 2. The molecular formula is C19H30N2. The molecule has 1 aromatic rings. The van der Waals surface area contributed by atoms with Gasteiger partial charge in [-0.3, -0.25) is 4.90 Å². The number of unbranched alkanes of at least 4 members (excludes halogenated alkanes) is 1. The predicted octanol–water partition coefficient (Wildman–Crippen LogP) is 3.92. The molecule has 0 spiro atoms. The fourth-order valence-electron chi connectivity index (χ4n) is 3.41. The summed E-state index contributed by atoms with van der Waals surface area (Å²) in [5, 5.41) is 3.64. The van der Waals surface area contributed by atoms with Crippen molar-refractivity contribution >= 4 is 0 Å². The van der Waals surface area contributed by atoms with Crippen molar-refractivity contribution in [2.24, 2.45) is 0 Å². The van der Waals surface area contributed by atoms with Crippen LogP contribution in [0.15, 0.2) is 24.3 Å². The molecular weight excluding hydrogens is 256 g/mol. The molecule has 1 unspecified atom stereocenters. The third-order valence-corrected chi connectivity index (χ3v) is 4.90. The molecule has 1 aliphatic heterocycles. The van der Waals surface area contributed by atoms with E-state index in [1.54, 1.807) is 5.56 Å². The lowest BCUT2D eigenvalue weighted by atomic mass is 10.1. The van der Waals surface area contributed by atoms with Gasteiger partial charge in [0, 0.05) is 19.1 Å². The lowest BCUT2D eigenvalue weighted by molar-refractivity contribution is 0.237. The molecule has 1 aromatic carbocycles. The van der Waals surface area contributed by atoms with E-state index in [0.717, 1.165) is 12.5 Å². The fraction of sp³-hybridized carbons (Fsp3) is 0.684. The second kappa shape index (κ2) is 7.42. The molecule has 1 aliphatic carbocycles. The van der Waals surface area contributed by atoms with Gasteiger partial charge >= 0.3 is 0 Å². The second-order valence-electron chi connectivity index (χ2n) is 6.90. The summed E-state index contributed by atoms with van der Waals surface area (Å²) in [6.45, 7) is 7.06. The second-order valence-corrected chi connectivity index (χ2v) is 6.90. The number of benzene rings is 1. The van der Waals surface area contributed by atoms with Gasteiger partial charge in [0.2, 0.25) is 0 Å². The van der Waals surface area contributed by atoms with Gasteiger partial charge in [0.15, 0.2) is 0 Å². The third-order valence-electron chi connectivity index (χ3n) is 4.90. The van der Waals surface area contributed by atoms with E-state index in [4.69, 9.17) is 0 Å². The van der Waals surface area contributed by atoms with Gasteiger partial charge in [0.25, 0.3) is 0 Å². The highest BCUT2D eigenvalue weighted by molar-refractivity contribution is 5.28. The summed E-state index contributed by atoms with van der Waals surface area (Å²) in [5.74, 6) is 0.873. The van der Waals surface area contributed by atoms with Crippen LogP contribution in [-0.4, -0.2) is 30.6 Å². The average Bonchev–Trinajstić information content (AvgIpc) is 3.23.